The molecule has 18 heavy (non-hydrogen) atoms. The van der Waals surface area contributed by atoms with E-state index >= 15 is 0 Å². The van der Waals surface area contributed by atoms with E-state index in [1.54, 1.807) is 7.11 Å². The standard InChI is InChI=1S/C15H24N2O/c1-11(2)12-7-4-5-8-13(12)17-15-14(18-3)9-6-10-16-15/h6,9-13H,4-5,7-8H2,1-3H3,(H,16,17). The zero-order valence-corrected chi connectivity index (χ0v) is 11.6. The maximum absolute atomic E-state index is 5.36. The van der Waals surface area contributed by atoms with Crippen molar-refractivity contribution in [1.82, 2.24) is 4.98 Å². The van der Waals surface area contributed by atoms with Crippen LogP contribution in [0.2, 0.25) is 0 Å². The summed E-state index contributed by atoms with van der Waals surface area (Å²) in [6, 6.07) is 4.40. The van der Waals surface area contributed by atoms with Gasteiger partial charge in [-0.15, -0.1) is 0 Å². The lowest BCUT2D eigenvalue weighted by Crippen LogP contribution is -2.35. The van der Waals surface area contributed by atoms with Gasteiger partial charge in [-0.25, -0.2) is 4.98 Å². The number of hydrogen-bond donors (Lipinski definition) is 1. The minimum absolute atomic E-state index is 0.530. The number of nitrogens with one attached hydrogen (secondary N) is 1. The van der Waals surface area contributed by atoms with Gasteiger partial charge in [0.2, 0.25) is 0 Å². The predicted octanol–water partition coefficient (Wildman–Crippen LogP) is 3.72. The summed E-state index contributed by atoms with van der Waals surface area (Å²) < 4.78 is 5.36. The maximum atomic E-state index is 5.36. The second-order valence-corrected chi connectivity index (χ2v) is 5.50. The Hall–Kier alpha value is -1.25. The van der Waals surface area contributed by atoms with Gasteiger partial charge in [0.25, 0.3) is 0 Å². The monoisotopic (exact) mass is 248 g/mol. The molecule has 0 amide bonds. The molecule has 100 valence electrons. The van der Waals surface area contributed by atoms with Crippen LogP contribution in [0.3, 0.4) is 0 Å². The number of pyridine rings is 1. The van der Waals surface area contributed by atoms with Gasteiger partial charge in [-0.3, -0.25) is 0 Å². The largest absolute Gasteiger partial charge is 0.493 e. The summed E-state index contributed by atoms with van der Waals surface area (Å²) >= 11 is 0. The Bertz CT molecular complexity index is 379. The fraction of sp³-hybridized carbons (Fsp3) is 0.667. The number of rotatable bonds is 4. The lowest BCUT2D eigenvalue weighted by Gasteiger charge is -2.35. The van der Waals surface area contributed by atoms with Crippen LogP contribution in [-0.4, -0.2) is 18.1 Å². The van der Waals surface area contributed by atoms with Gasteiger partial charge >= 0.3 is 0 Å². The minimum Gasteiger partial charge on any atom is -0.493 e. The SMILES string of the molecule is COc1cccnc1NC1CCCCC1C(C)C. The topological polar surface area (TPSA) is 34.1 Å². The van der Waals surface area contributed by atoms with Gasteiger partial charge in [0, 0.05) is 12.2 Å². The molecule has 1 fully saturated rings. The molecule has 1 aromatic rings. The lowest BCUT2D eigenvalue weighted by atomic mass is 9.78. The average molecular weight is 248 g/mol. The van der Waals surface area contributed by atoms with Gasteiger partial charge in [-0.05, 0) is 36.8 Å². The molecule has 3 heteroatoms. The Morgan fingerprint density at radius 1 is 1.33 bits per heavy atom. The Morgan fingerprint density at radius 3 is 2.83 bits per heavy atom. The highest BCUT2D eigenvalue weighted by Crippen LogP contribution is 2.33. The molecule has 0 aromatic carbocycles. The van der Waals surface area contributed by atoms with Gasteiger partial charge in [0.15, 0.2) is 11.6 Å². The Morgan fingerprint density at radius 2 is 2.11 bits per heavy atom. The summed E-state index contributed by atoms with van der Waals surface area (Å²) in [7, 11) is 1.70. The first-order chi connectivity index (χ1) is 8.72. The van der Waals surface area contributed by atoms with E-state index < -0.39 is 0 Å². The summed E-state index contributed by atoms with van der Waals surface area (Å²) in [5.41, 5.74) is 0. The molecule has 2 rings (SSSR count). The predicted molar refractivity (Wildman–Crippen MR) is 75.0 cm³/mol. The van der Waals surface area contributed by atoms with Crippen molar-refractivity contribution >= 4 is 5.82 Å². The molecule has 1 aliphatic rings. The van der Waals surface area contributed by atoms with Crippen molar-refractivity contribution in [2.75, 3.05) is 12.4 Å². The van der Waals surface area contributed by atoms with Crippen LogP contribution >= 0.6 is 0 Å². The zero-order chi connectivity index (χ0) is 13.0. The molecule has 0 bridgehead atoms. The Labute approximate surface area is 110 Å². The number of methoxy groups -OCH3 is 1. The van der Waals surface area contributed by atoms with E-state index in [0.29, 0.717) is 6.04 Å². The zero-order valence-electron chi connectivity index (χ0n) is 11.6. The van der Waals surface area contributed by atoms with Crippen LogP contribution in [0.5, 0.6) is 5.75 Å². The molecule has 1 saturated carbocycles. The first-order valence-electron chi connectivity index (χ1n) is 6.98. The van der Waals surface area contributed by atoms with E-state index in [2.05, 4.69) is 24.1 Å². The molecule has 0 radical (unpaired) electrons. The molecule has 1 aliphatic carbocycles. The van der Waals surface area contributed by atoms with E-state index in [4.69, 9.17) is 4.74 Å². The van der Waals surface area contributed by atoms with Crippen molar-refractivity contribution in [2.24, 2.45) is 11.8 Å². The number of hydrogen-bond acceptors (Lipinski definition) is 3. The Kier molecular flexibility index (Phi) is 4.45. The second kappa shape index (κ2) is 6.07. The molecule has 0 saturated heterocycles. The van der Waals surface area contributed by atoms with Crippen molar-refractivity contribution in [3.05, 3.63) is 18.3 Å². The van der Waals surface area contributed by atoms with E-state index in [1.807, 2.05) is 18.3 Å². The normalized spacial score (nSPS) is 24.0. The van der Waals surface area contributed by atoms with Gasteiger partial charge in [-0.1, -0.05) is 26.7 Å². The van der Waals surface area contributed by atoms with Crippen LogP contribution < -0.4 is 10.1 Å². The summed E-state index contributed by atoms with van der Waals surface area (Å²) in [5.74, 6) is 3.19. The lowest BCUT2D eigenvalue weighted by molar-refractivity contribution is 0.253. The number of ether oxygens (including phenoxy) is 1. The average Bonchev–Trinajstić information content (AvgIpc) is 2.40. The van der Waals surface area contributed by atoms with Crippen LogP contribution in [0.15, 0.2) is 18.3 Å². The minimum atomic E-state index is 0.530. The van der Waals surface area contributed by atoms with Crippen LogP contribution in [0.1, 0.15) is 39.5 Å². The van der Waals surface area contributed by atoms with Crippen molar-refractivity contribution in [1.29, 1.82) is 0 Å². The highest BCUT2D eigenvalue weighted by Gasteiger charge is 2.28. The summed E-state index contributed by atoms with van der Waals surface area (Å²) in [4.78, 5) is 4.40. The molecule has 2 unspecified atom stereocenters. The van der Waals surface area contributed by atoms with Gasteiger partial charge in [-0.2, -0.15) is 0 Å². The van der Waals surface area contributed by atoms with Crippen LogP contribution in [0.25, 0.3) is 0 Å². The van der Waals surface area contributed by atoms with Crippen molar-refractivity contribution in [3.8, 4) is 5.75 Å². The Balaban J connectivity index is 2.11. The first kappa shape index (κ1) is 13.2. The molecular weight excluding hydrogens is 224 g/mol. The van der Waals surface area contributed by atoms with Crippen molar-refractivity contribution in [3.63, 3.8) is 0 Å². The molecule has 2 atom stereocenters. The number of nitrogens with zero attached hydrogens (tertiary/aromatic N) is 1. The first-order valence-corrected chi connectivity index (χ1v) is 6.98. The van der Waals surface area contributed by atoms with Crippen LogP contribution in [0.4, 0.5) is 5.82 Å². The number of anilines is 1. The highest BCUT2D eigenvalue weighted by molar-refractivity contribution is 5.50. The van der Waals surface area contributed by atoms with Gasteiger partial charge in [0.1, 0.15) is 0 Å². The second-order valence-electron chi connectivity index (χ2n) is 5.50. The molecule has 1 aromatic heterocycles. The fourth-order valence-electron chi connectivity index (χ4n) is 2.98. The van der Waals surface area contributed by atoms with E-state index in [9.17, 15) is 0 Å². The summed E-state index contributed by atoms with van der Waals surface area (Å²) in [5, 5.41) is 3.60. The third kappa shape index (κ3) is 2.95. The maximum Gasteiger partial charge on any atom is 0.168 e. The van der Waals surface area contributed by atoms with Gasteiger partial charge < -0.3 is 10.1 Å². The third-order valence-electron chi connectivity index (χ3n) is 3.99. The van der Waals surface area contributed by atoms with E-state index in [-0.39, 0.29) is 0 Å². The van der Waals surface area contributed by atoms with Crippen molar-refractivity contribution in [2.45, 2.75) is 45.6 Å². The highest BCUT2D eigenvalue weighted by atomic mass is 16.5. The molecule has 0 spiro atoms. The van der Waals surface area contributed by atoms with Gasteiger partial charge in [0.05, 0.1) is 7.11 Å². The van der Waals surface area contributed by atoms with Crippen LogP contribution in [-0.2, 0) is 0 Å². The molecule has 1 heterocycles. The van der Waals surface area contributed by atoms with Crippen molar-refractivity contribution < 1.29 is 4.74 Å². The third-order valence-corrected chi connectivity index (χ3v) is 3.99. The smallest absolute Gasteiger partial charge is 0.168 e. The number of aromatic nitrogens is 1. The summed E-state index contributed by atoms with van der Waals surface area (Å²) in [6.45, 7) is 4.64. The molecular formula is C15H24N2O. The van der Waals surface area contributed by atoms with Crippen LogP contribution in [0, 0.1) is 11.8 Å². The molecule has 3 nitrogen and oxygen atoms in total. The van der Waals surface area contributed by atoms with E-state index in [0.717, 1.165) is 23.4 Å². The fourth-order valence-corrected chi connectivity index (χ4v) is 2.98. The molecule has 0 aliphatic heterocycles. The molecule has 1 N–H and O–H groups in total. The quantitative estimate of drug-likeness (QED) is 0.882. The van der Waals surface area contributed by atoms with E-state index in [1.165, 1.54) is 25.7 Å². The summed E-state index contributed by atoms with van der Waals surface area (Å²) in [6.07, 6.45) is 7.06.